The standard InChI is InChI=1S/C21H41N3O3/c1-4-5-6-11-14-21(2,27)15-17-24-18(19(25)23(3)20(24)26)13-10-8-7-9-12-16-22/h18,27H,4-17,22H2,1-3H3. The molecule has 0 saturated carbocycles. The third-order valence-electron chi connectivity index (χ3n) is 5.67. The highest BCUT2D eigenvalue weighted by Gasteiger charge is 2.42. The summed E-state index contributed by atoms with van der Waals surface area (Å²) < 4.78 is 0. The molecular formula is C21H41N3O3. The summed E-state index contributed by atoms with van der Waals surface area (Å²) >= 11 is 0. The summed E-state index contributed by atoms with van der Waals surface area (Å²) in [6, 6.07) is -0.595. The number of likely N-dealkylation sites (N-methyl/N-ethyl adjacent to an activating group) is 1. The molecule has 3 N–H and O–H groups in total. The molecule has 0 aromatic heterocycles. The molecule has 0 bridgehead atoms. The van der Waals surface area contributed by atoms with E-state index in [0.29, 0.717) is 19.4 Å². The highest BCUT2D eigenvalue weighted by molar-refractivity contribution is 6.03. The van der Waals surface area contributed by atoms with Crippen molar-refractivity contribution in [3.63, 3.8) is 0 Å². The first-order valence-electron chi connectivity index (χ1n) is 10.8. The minimum Gasteiger partial charge on any atom is -0.390 e. The van der Waals surface area contributed by atoms with Gasteiger partial charge in [0.1, 0.15) is 6.04 Å². The molecule has 6 heteroatoms. The van der Waals surface area contributed by atoms with E-state index in [-0.39, 0.29) is 18.0 Å². The van der Waals surface area contributed by atoms with Gasteiger partial charge >= 0.3 is 6.03 Å². The second-order valence-electron chi connectivity index (χ2n) is 8.29. The fraction of sp³-hybridized carbons (Fsp3) is 0.905. The van der Waals surface area contributed by atoms with Crippen LogP contribution in [0, 0.1) is 0 Å². The lowest BCUT2D eigenvalue weighted by Gasteiger charge is -2.28. The van der Waals surface area contributed by atoms with Crippen molar-refractivity contribution in [1.82, 2.24) is 9.80 Å². The first kappa shape index (κ1) is 23.9. The Morgan fingerprint density at radius 3 is 2.30 bits per heavy atom. The van der Waals surface area contributed by atoms with Gasteiger partial charge in [-0.25, -0.2) is 4.79 Å². The lowest BCUT2D eigenvalue weighted by atomic mass is 9.94. The van der Waals surface area contributed by atoms with Gasteiger partial charge in [-0.05, 0) is 39.2 Å². The fourth-order valence-electron chi connectivity index (χ4n) is 3.74. The number of nitrogens with zero attached hydrogens (tertiary/aromatic N) is 2. The van der Waals surface area contributed by atoms with Gasteiger partial charge in [0, 0.05) is 13.6 Å². The largest absolute Gasteiger partial charge is 0.390 e. The van der Waals surface area contributed by atoms with Gasteiger partial charge in [0.05, 0.1) is 5.60 Å². The van der Waals surface area contributed by atoms with E-state index >= 15 is 0 Å². The van der Waals surface area contributed by atoms with Gasteiger partial charge in [0.15, 0.2) is 0 Å². The molecule has 1 aliphatic heterocycles. The summed E-state index contributed by atoms with van der Waals surface area (Å²) in [5, 5.41) is 10.6. The number of amides is 3. The van der Waals surface area contributed by atoms with Gasteiger partial charge in [-0.3, -0.25) is 9.69 Å². The molecule has 0 spiro atoms. The molecule has 158 valence electrons. The number of carbonyl (C=O) groups is 2. The number of rotatable bonds is 15. The van der Waals surface area contributed by atoms with E-state index in [0.717, 1.165) is 57.9 Å². The summed E-state index contributed by atoms with van der Waals surface area (Å²) in [5.41, 5.74) is 4.72. The third-order valence-corrected chi connectivity index (χ3v) is 5.67. The molecule has 1 rings (SSSR count). The minimum atomic E-state index is -0.787. The normalized spacial score (nSPS) is 19.8. The van der Waals surface area contributed by atoms with Crippen LogP contribution >= 0.6 is 0 Å². The Balaban J connectivity index is 2.48. The Labute approximate surface area is 165 Å². The van der Waals surface area contributed by atoms with E-state index < -0.39 is 5.60 Å². The van der Waals surface area contributed by atoms with Gasteiger partial charge in [-0.15, -0.1) is 0 Å². The van der Waals surface area contributed by atoms with E-state index in [9.17, 15) is 14.7 Å². The number of hydrogen-bond acceptors (Lipinski definition) is 4. The summed E-state index contributed by atoms with van der Waals surface area (Å²) in [6.07, 6.45) is 11.7. The molecule has 2 unspecified atom stereocenters. The molecule has 27 heavy (non-hydrogen) atoms. The van der Waals surface area contributed by atoms with Crippen LogP contribution in [0.3, 0.4) is 0 Å². The van der Waals surface area contributed by atoms with Crippen molar-refractivity contribution in [2.24, 2.45) is 5.73 Å². The van der Waals surface area contributed by atoms with Crippen LogP contribution in [0.15, 0.2) is 0 Å². The number of urea groups is 1. The van der Waals surface area contributed by atoms with Crippen molar-refractivity contribution >= 4 is 11.9 Å². The predicted octanol–water partition coefficient (Wildman–Crippen LogP) is 3.66. The highest BCUT2D eigenvalue weighted by Crippen LogP contribution is 2.25. The van der Waals surface area contributed by atoms with E-state index in [1.807, 2.05) is 6.92 Å². The van der Waals surface area contributed by atoms with Crippen LogP contribution in [0.2, 0.25) is 0 Å². The summed E-state index contributed by atoms with van der Waals surface area (Å²) in [4.78, 5) is 27.8. The fourth-order valence-corrected chi connectivity index (χ4v) is 3.74. The Hall–Kier alpha value is -1.14. The second-order valence-corrected chi connectivity index (χ2v) is 8.29. The van der Waals surface area contributed by atoms with E-state index in [4.69, 9.17) is 5.73 Å². The minimum absolute atomic E-state index is 0.107. The molecular weight excluding hydrogens is 342 g/mol. The molecule has 0 aliphatic carbocycles. The summed E-state index contributed by atoms with van der Waals surface area (Å²) in [6.45, 7) is 5.18. The summed E-state index contributed by atoms with van der Waals surface area (Å²) in [5.74, 6) is -0.107. The Morgan fingerprint density at radius 1 is 1.00 bits per heavy atom. The first-order valence-corrected chi connectivity index (χ1v) is 10.8. The number of nitrogens with two attached hydrogens (primary N) is 1. The van der Waals surface area contributed by atoms with Crippen LogP contribution < -0.4 is 5.73 Å². The number of unbranched alkanes of at least 4 members (excludes halogenated alkanes) is 7. The van der Waals surface area contributed by atoms with Crippen molar-refractivity contribution < 1.29 is 14.7 Å². The third kappa shape index (κ3) is 8.18. The van der Waals surface area contributed by atoms with Crippen molar-refractivity contribution in [3.8, 4) is 0 Å². The molecule has 0 aromatic carbocycles. The molecule has 3 amide bonds. The van der Waals surface area contributed by atoms with Gasteiger partial charge < -0.3 is 15.7 Å². The number of aliphatic hydroxyl groups is 1. The smallest absolute Gasteiger partial charge is 0.327 e. The number of hydrogen-bond donors (Lipinski definition) is 2. The molecule has 1 aliphatic rings. The summed E-state index contributed by atoms with van der Waals surface area (Å²) in [7, 11) is 1.56. The van der Waals surface area contributed by atoms with E-state index in [1.165, 1.54) is 17.7 Å². The Kier molecular flexibility index (Phi) is 10.9. The van der Waals surface area contributed by atoms with E-state index in [2.05, 4.69) is 6.92 Å². The molecule has 1 saturated heterocycles. The van der Waals surface area contributed by atoms with Gasteiger partial charge in [-0.2, -0.15) is 0 Å². The first-order chi connectivity index (χ1) is 12.8. The van der Waals surface area contributed by atoms with Crippen LogP contribution in [-0.4, -0.2) is 58.6 Å². The average molecular weight is 384 g/mol. The van der Waals surface area contributed by atoms with Gasteiger partial charge in [-0.1, -0.05) is 58.3 Å². The Morgan fingerprint density at radius 2 is 1.63 bits per heavy atom. The number of imide groups is 1. The van der Waals surface area contributed by atoms with Crippen LogP contribution in [0.4, 0.5) is 4.79 Å². The maximum absolute atomic E-state index is 12.5. The molecule has 0 aromatic rings. The van der Waals surface area contributed by atoms with Crippen molar-refractivity contribution in [1.29, 1.82) is 0 Å². The molecule has 1 heterocycles. The zero-order valence-corrected chi connectivity index (χ0v) is 17.7. The van der Waals surface area contributed by atoms with Crippen molar-refractivity contribution in [2.45, 2.75) is 103 Å². The van der Waals surface area contributed by atoms with Gasteiger partial charge in [0.2, 0.25) is 0 Å². The van der Waals surface area contributed by atoms with Crippen LogP contribution in [0.5, 0.6) is 0 Å². The quantitative estimate of drug-likeness (QED) is 0.334. The monoisotopic (exact) mass is 383 g/mol. The molecule has 2 atom stereocenters. The van der Waals surface area contributed by atoms with Crippen molar-refractivity contribution in [2.75, 3.05) is 20.1 Å². The Bertz CT molecular complexity index is 454. The van der Waals surface area contributed by atoms with Crippen molar-refractivity contribution in [3.05, 3.63) is 0 Å². The molecule has 0 radical (unpaired) electrons. The number of carbonyl (C=O) groups excluding carboxylic acids is 2. The topological polar surface area (TPSA) is 86.9 Å². The maximum atomic E-state index is 12.5. The van der Waals surface area contributed by atoms with Crippen LogP contribution in [0.1, 0.15) is 90.9 Å². The van der Waals surface area contributed by atoms with Crippen LogP contribution in [-0.2, 0) is 4.79 Å². The zero-order valence-electron chi connectivity index (χ0n) is 17.7. The lowest BCUT2D eigenvalue weighted by molar-refractivity contribution is -0.127. The van der Waals surface area contributed by atoms with E-state index in [1.54, 1.807) is 11.9 Å². The second kappa shape index (κ2) is 12.3. The average Bonchev–Trinajstić information content (AvgIpc) is 2.84. The molecule has 1 fully saturated rings. The lowest BCUT2D eigenvalue weighted by Crippen LogP contribution is -2.39. The predicted molar refractivity (Wildman–Crippen MR) is 109 cm³/mol. The SMILES string of the molecule is CCCCCCC(C)(O)CCN1C(=O)N(C)C(=O)C1CCCCCCCN. The van der Waals surface area contributed by atoms with Gasteiger partial charge in [0.25, 0.3) is 5.91 Å². The maximum Gasteiger partial charge on any atom is 0.327 e. The van der Waals surface area contributed by atoms with Crippen LogP contribution in [0.25, 0.3) is 0 Å². The zero-order chi connectivity index (χ0) is 20.3. The highest BCUT2D eigenvalue weighted by atomic mass is 16.3. The molecule has 6 nitrogen and oxygen atoms in total.